The number of aromatic nitrogens is 3. The van der Waals surface area contributed by atoms with Crippen molar-refractivity contribution < 1.29 is 4.74 Å². The summed E-state index contributed by atoms with van der Waals surface area (Å²) in [6.45, 7) is 9.54. The first-order valence-corrected chi connectivity index (χ1v) is 10.9. The van der Waals surface area contributed by atoms with Crippen LogP contribution >= 0.6 is 35.7 Å². The van der Waals surface area contributed by atoms with Crippen LogP contribution < -0.4 is 10.6 Å². The summed E-state index contributed by atoms with van der Waals surface area (Å²) >= 11 is 1.75. The number of benzene rings is 1. The minimum Gasteiger partial charge on any atom is -0.382 e. The van der Waals surface area contributed by atoms with Crippen LogP contribution in [0.4, 0.5) is 0 Å². The minimum absolute atomic E-state index is 0. The van der Waals surface area contributed by atoms with Crippen LogP contribution in [0.1, 0.15) is 36.1 Å². The Kier molecular flexibility index (Phi) is 12.2. The predicted octanol–water partition coefficient (Wildman–Crippen LogP) is 3.43. The van der Waals surface area contributed by atoms with Crippen molar-refractivity contribution in [2.24, 2.45) is 12.0 Å². The largest absolute Gasteiger partial charge is 0.382 e. The monoisotopic (exact) mass is 532 g/mol. The lowest BCUT2D eigenvalue weighted by molar-refractivity contribution is 0.145. The first-order valence-electron chi connectivity index (χ1n) is 9.63. The number of thioether (sulfide) groups is 1. The van der Waals surface area contributed by atoms with Crippen molar-refractivity contribution in [2.45, 2.75) is 45.2 Å². The molecule has 7 nitrogen and oxygen atoms in total. The Morgan fingerprint density at radius 1 is 1.24 bits per heavy atom. The molecule has 2 N–H and O–H groups in total. The van der Waals surface area contributed by atoms with Gasteiger partial charge in [0.1, 0.15) is 5.82 Å². The van der Waals surface area contributed by atoms with E-state index in [1.165, 1.54) is 16.0 Å². The summed E-state index contributed by atoms with van der Waals surface area (Å²) in [5.74, 6) is 2.54. The van der Waals surface area contributed by atoms with Gasteiger partial charge in [-0.15, -0.1) is 45.9 Å². The highest BCUT2D eigenvalue weighted by atomic mass is 127. The van der Waals surface area contributed by atoms with E-state index in [2.05, 4.69) is 52.2 Å². The fraction of sp³-hybridized carbons (Fsp3) is 0.550. The van der Waals surface area contributed by atoms with E-state index in [9.17, 15) is 0 Å². The molecule has 1 heterocycles. The van der Waals surface area contributed by atoms with Crippen LogP contribution in [0.5, 0.6) is 0 Å². The van der Waals surface area contributed by atoms with Crippen LogP contribution in [0.25, 0.3) is 0 Å². The predicted molar refractivity (Wildman–Crippen MR) is 131 cm³/mol. The van der Waals surface area contributed by atoms with Crippen LogP contribution in [0.2, 0.25) is 0 Å². The molecule has 0 amide bonds. The summed E-state index contributed by atoms with van der Waals surface area (Å²) in [5, 5.41) is 15.1. The lowest BCUT2D eigenvalue weighted by Crippen LogP contribution is -2.38. The van der Waals surface area contributed by atoms with E-state index in [4.69, 9.17) is 9.73 Å². The van der Waals surface area contributed by atoms with Gasteiger partial charge in [0, 0.05) is 31.7 Å². The van der Waals surface area contributed by atoms with E-state index < -0.39 is 0 Å². The summed E-state index contributed by atoms with van der Waals surface area (Å²) < 4.78 is 7.39. The standard InChI is InChI=1S/C20H32N6OS.HI/c1-6-27-11-7-10-21-20(23-14-19-25-24-16(3)26(19)4)22-13-17-9-8-15(2)12-18(17)28-5;/h8-9,12H,6-7,10-11,13-14H2,1-5H3,(H2,21,22,23);1H. The number of nitrogens with zero attached hydrogens (tertiary/aromatic N) is 4. The van der Waals surface area contributed by atoms with Gasteiger partial charge >= 0.3 is 0 Å². The highest BCUT2D eigenvalue weighted by molar-refractivity contribution is 14.0. The van der Waals surface area contributed by atoms with Gasteiger partial charge in [0.05, 0.1) is 13.1 Å². The first-order chi connectivity index (χ1) is 13.5. The number of halogens is 1. The SMILES string of the molecule is CCOCCCNC(=NCc1ccc(C)cc1SC)NCc1nnc(C)n1C.I. The van der Waals surface area contributed by atoms with Crippen molar-refractivity contribution in [3.63, 3.8) is 0 Å². The molecule has 0 aliphatic heterocycles. The topological polar surface area (TPSA) is 76.4 Å². The average molecular weight is 532 g/mol. The van der Waals surface area contributed by atoms with Gasteiger partial charge in [-0.05, 0) is 50.6 Å². The van der Waals surface area contributed by atoms with Crippen LogP contribution in [0, 0.1) is 13.8 Å². The number of ether oxygens (including phenoxy) is 1. The van der Waals surface area contributed by atoms with Crippen molar-refractivity contribution in [2.75, 3.05) is 26.0 Å². The Morgan fingerprint density at radius 3 is 2.69 bits per heavy atom. The minimum atomic E-state index is 0. The summed E-state index contributed by atoms with van der Waals surface area (Å²) in [6.07, 6.45) is 3.03. The molecule has 2 rings (SSSR count). The van der Waals surface area contributed by atoms with Crippen molar-refractivity contribution in [1.29, 1.82) is 0 Å². The molecule has 0 saturated heterocycles. The zero-order chi connectivity index (χ0) is 20.4. The summed E-state index contributed by atoms with van der Waals surface area (Å²) in [6, 6.07) is 6.50. The van der Waals surface area contributed by atoms with Gasteiger partial charge in [0.15, 0.2) is 11.8 Å². The van der Waals surface area contributed by atoms with Crippen LogP contribution in [0.3, 0.4) is 0 Å². The Hall–Kier alpha value is -1.33. The molecular formula is C20H33IN6OS. The number of nitrogens with one attached hydrogen (secondary N) is 2. The molecule has 0 aliphatic rings. The Morgan fingerprint density at radius 2 is 2.03 bits per heavy atom. The number of guanidine groups is 1. The second-order valence-electron chi connectivity index (χ2n) is 6.53. The number of aliphatic imine (C=N–C) groups is 1. The maximum atomic E-state index is 5.41. The Labute approximate surface area is 195 Å². The van der Waals surface area contributed by atoms with E-state index in [1.54, 1.807) is 11.8 Å². The van der Waals surface area contributed by atoms with Gasteiger partial charge in [-0.1, -0.05) is 12.1 Å². The first kappa shape index (κ1) is 25.7. The molecule has 0 saturated carbocycles. The molecule has 0 radical (unpaired) electrons. The average Bonchev–Trinajstić information content (AvgIpc) is 3.02. The molecule has 0 aliphatic carbocycles. The maximum Gasteiger partial charge on any atom is 0.191 e. The normalized spacial score (nSPS) is 11.3. The van der Waals surface area contributed by atoms with Gasteiger partial charge in [-0.2, -0.15) is 0 Å². The summed E-state index contributed by atoms with van der Waals surface area (Å²) in [5.41, 5.74) is 2.49. The molecule has 0 unspecified atom stereocenters. The van der Waals surface area contributed by atoms with Crippen LogP contribution in [0.15, 0.2) is 28.1 Å². The van der Waals surface area contributed by atoms with Gasteiger partial charge in [0.2, 0.25) is 0 Å². The molecule has 29 heavy (non-hydrogen) atoms. The molecule has 1 aromatic carbocycles. The molecular weight excluding hydrogens is 499 g/mol. The zero-order valence-electron chi connectivity index (χ0n) is 18.0. The Bertz CT molecular complexity index is 780. The second-order valence-corrected chi connectivity index (χ2v) is 7.38. The lowest BCUT2D eigenvalue weighted by atomic mass is 10.1. The molecule has 9 heteroatoms. The third kappa shape index (κ3) is 8.51. The van der Waals surface area contributed by atoms with Crippen molar-refractivity contribution in [3.8, 4) is 0 Å². The summed E-state index contributed by atoms with van der Waals surface area (Å²) in [7, 11) is 1.97. The maximum absolute atomic E-state index is 5.41. The summed E-state index contributed by atoms with van der Waals surface area (Å²) in [4.78, 5) is 6.05. The van der Waals surface area contributed by atoms with E-state index in [0.717, 1.165) is 43.8 Å². The van der Waals surface area contributed by atoms with Crippen molar-refractivity contribution in [3.05, 3.63) is 41.0 Å². The third-order valence-electron chi connectivity index (χ3n) is 4.41. The van der Waals surface area contributed by atoms with Gasteiger partial charge < -0.3 is 19.9 Å². The van der Waals surface area contributed by atoms with E-state index in [1.807, 2.05) is 25.5 Å². The van der Waals surface area contributed by atoms with Crippen LogP contribution in [-0.4, -0.2) is 46.7 Å². The number of hydrogen-bond donors (Lipinski definition) is 2. The molecule has 1 aromatic heterocycles. The highest BCUT2D eigenvalue weighted by Gasteiger charge is 2.07. The van der Waals surface area contributed by atoms with E-state index in [-0.39, 0.29) is 24.0 Å². The Balaban J connectivity index is 0.00000420. The molecule has 162 valence electrons. The van der Waals surface area contributed by atoms with Crippen molar-refractivity contribution >= 4 is 41.7 Å². The highest BCUT2D eigenvalue weighted by Crippen LogP contribution is 2.22. The molecule has 0 atom stereocenters. The van der Waals surface area contributed by atoms with E-state index >= 15 is 0 Å². The molecule has 0 fully saturated rings. The van der Waals surface area contributed by atoms with Gasteiger partial charge in [-0.3, -0.25) is 0 Å². The quantitative estimate of drug-likeness (QED) is 0.161. The molecule has 2 aromatic rings. The number of rotatable bonds is 10. The smallest absolute Gasteiger partial charge is 0.191 e. The number of aryl methyl sites for hydroxylation is 2. The molecule has 0 bridgehead atoms. The van der Waals surface area contributed by atoms with Crippen molar-refractivity contribution in [1.82, 2.24) is 25.4 Å². The lowest BCUT2D eigenvalue weighted by Gasteiger charge is -2.13. The molecule has 0 spiro atoms. The van der Waals surface area contributed by atoms with E-state index in [0.29, 0.717) is 13.1 Å². The fourth-order valence-electron chi connectivity index (χ4n) is 2.61. The second kappa shape index (κ2) is 13.8. The zero-order valence-corrected chi connectivity index (χ0v) is 21.1. The fourth-order valence-corrected chi connectivity index (χ4v) is 3.31. The number of hydrogen-bond acceptors (Lipinski definition) is 5. The van der Waals surface area contributed by atoms with Gasteiger partial charge in [-0.25, -0.2) is 4.99 Å². The third-order valence-corrected chi connectivity index (χ3v) is 5.23. The van der Waals surface area contributed by atoms with Gasteiger partial charge in [0.25, 0.3) is 0 Å². The van der Waals surface area contributed by atoms with Crippen LogP contribution in [-0.2, 0) is 24.9 Å².